The van der Waals surface area contributed by atoms with E-state index in [2.05, 4.69) is 42.5 Å². The number of benzene rings is 1. The van der Waals surface area contributed by atoms with Crippen molar-refractivity contribution in [3.05, 3.63) is 46.2 Å². The first kappa shape index (κ1) is 8.74. The third-order valence-corrected chi connectivity index (χ3v) is 3.92. The van der Waals surface area contributed by atoms with Crippen molar-refractivity contribution >= 4 is 33.2 Å². The SMILES string of the molecule is NC1=c2sc3ccccc3c2=CC=CC1. The summed E-state index contributed by atoms with van der Waals surface area (Å²) in [5.41, 5.74) is 7.05. The molecule has 1 aliphatic carbocycles. The molecule has 2 N–H and O–H groups in total. The Labute approximate surface area is 91.8 Å². The molecule has 1 aromatic heterocycles. The van der Waals surface area contributed by atoms with Crippen LogP contribution in [0.4, 0.5) is 0 Å². The number of thiophene rings is 1. The van der Waals surface area contributed by atoms with Crippen LogP contribution >= 0.6 is 11.3 Å². The molecule has 15 heavy (non-hydrogen) atoms. The molecule has 0 bridgehead atoms. The van der Waals surface area contributed by atoms with E-state index >= 15 is 0 Å². The standard InChI is InChI=1S/C13H11NS/c14-11-7-3-1-6-10-9-5-2-4-8-12(9)15-13(10)11/h1-6,8H,7,14H2. The first-order chi connectivity index (χ1) is 7.36. The number of fused-ring (bicyclic) bond motifs is 3. The zero-order chi connectivity index (χ0) is 10.3. The Balaban J connectivity index is 2.62. The van der Waals surface area contributed by atoms with Crippen LogP contribution in [0.25, 0.3) is 21.9 Å². The summed E-state index contributed by atoms with van der Waals surface area (Å²) in [7, 11) is 0. The van der Waals surface area contributed by atoms with Gasteiger partial charge in [-0.2, -0.15) is 0 Å². The van der Waals surface area contributed by atoms with E-state index in [9.17, 15) is 0 Å². The van der Waals surface area contributed by atoms with Crippen molar-refractivity contribution in [1.82, 2.24) is 0 Å². The second-order valence-electron chi connectivity index (χ2n) is 3.67. The fourth-order valence-corrected chi connectivity index (χ4v) is 3.08. The van der Waals surface area contributed by atoms with Gasteiger partial charge in [0, 0.05) is 27.4 Å². The molecule has 0 amide bonds. The molecule has 0 fully saturated rings. The van der Waals surface area contributed by atoms with E-state index in [4.69, 9.17) is 5.73 Å². The number of hydrogen-bond donors (Lipinski definition) is 1. The van der Waals surface area contributed by atoms with Gasteiger partial charge in [0.15, 0.2) is 0 Å². The van der Waals surface area contributed by atoms with Crippen molar-refractivity contribution < 1.29 is 0 Å². The summed E-state index contributed by atoms with van der Waals surface area (Å²) in [6.07, 6.45) is 7.22. The molecule has 3 rings (SSSR count). The summed E-state index contributed by atoms with van der Waals surface area (Å²) in [6.45, 7) is 0. The highest BCUT2D eigenvalue weighted by atomic mass is 32.1. The number of nitrogens with two attached hydrogens (primary N) is 1. The highest BCUT2D eigenvalue weighted by molar-refractivity contribution is 7.17. The minimum Gasteiger partial charge on any atom is -0.401 e. The van der Waals surface area contributed by atoms with Gasteiger partial charge in [0.1, 0.15) is 0 Å². The van der Waals surface area contributed by atoms with Crippen LogP contribution in [0.5, 0.6) is 0 Å². The Morgan fingerprint density at radius 3 is 3.00 bits per heavy atom. The smallest absolute Gasteiger partial charge is 0.0545 e. The van der Waals surface area contributed by atoms with E-state index in [1.54, 1.807) is 11.3 Å². The van der Waals surface area contributed by atoms with Crippen molar-refractivity contribution in [2.75, 3.05) is 0 Å². The van der Waals surface area contributed by atoms with Gasteiger partial charge in [-0.15, -0.1) is 11.3 Å². The van der Waals surface area contributed by atoms with E-state index < -0.39 is 0 Å². The zero-order valence-electron chi connectivity index (χ0n) is 8.23. The normalized spacial score (nSPS) is 14.8. The summed E-state index contributed by atoms with van der Waals surface area (Å²) < 4.78 is 2.55. The molecule has 1 heterocycles. The van der Waals surface area contributed by atoms with Gasteiger partial charge in [-0.25, -0.2) is 0 Å². The second-order valence-corrected chi connectivity index (χ2v) is 4.72. The lowest BCUT2D eigenvalue weighted by atomic mass is 10.2. The Hall–Kier alpha value is -1.54. The molecule has 0 saturated heterocycles. The van der Waals surface area contributed by atoms with Crippen LogP contribution in [0.3, 0.4) is 0 Å². The summed E-state index contributed by atoms with van der Waals surface area (Å²) in [4.78, 5) is 0. The predicted octanol–water partition coefficient (Wildman–Crippen LogP) is 1.71. The maximum atomic E-state index is 6.07. The quantitative estimate of drug-likeness (QED) is 0.708. The number of rotatable bonds is 0. The van der Waals surface area contributed by atoms with Gasteiger partial charge in [0.25, 0.3) is 0 Å². The summed E-state index contributed by atoms with van der Waals surface area (Å²) in [6, 6.07) is 8.46. The van der Waals surface area contributed by atoms with Gasteiger partial charge in [0.2, 0.25) is 0 Å². The molecule has 2 heteroatoms. The molecule has 1 nitrogen and oxygen atoms in total. The Morgan fingerprint density at radius 2 is 2.07 bits per heavy atom. The van der Waals surface area contributed by atoms with Crippen LogP contribution < -0.4 is 15.5 Å². The number of hydrogen-bond acceptors (Lipinski definition) is 2. The van der Waals surface area contributed by atoms with Gasteiger partial charge in [-0.05, 0) is 6.07 Å². The van der Waals surface area contributed by atoms with E-state index in [0.29, 0.717) is 0 Å². The van der Waals surface area contributed by atoms with Crippen LogP contribution in [-0.2, 0) is 0 Å². The third kappa shape index (κ3) is 1.29. The first-order valence-corrected chi connectivity index (χ1v) is 5.81. The fraction of sp³-hybridized carbons (Fsp3) is 0.0769. The Morgan fingerprint density at radius 1 is 1.20 bits per heavy atom. The van der Waals surface area contributed by atoms with Crippen molar-refractivity contribution in [1.29, 1.82) is 0 Å². The van der Waals surface area contributed by atoms with Crippen molar-refractivity contribution in [2.45, 2.75) is 6.42 Å². The lowest BCUT2D eigenvalue weighted by Crippen LogP contribution is -2.23. The first-order valence-electron chi connectivity index (χ1n) is 4.99. The van der Waals surface area contributed by atoms with Gasteiger partial charge >= 0.3 is 0 Å². The average molecular weight is 213 g/mol. The molecule has 0 aliphatic heterocycles. The molecule has 2 aromatic rings. The summed E-state index contributed by atoms with van der Waals surface area (Å²) in [5, 5.41) is 2.59. The predicted molar refractivity (Wildman–Crippen MR) is 66.9 cm³/mol. The van der Waals surface area contributed by atoms with Gasteiger partial charge in [-0.1, -0.05) is 36.4 Å². The molecule has 0 spiro atoms. The van der Waals surface area contributed by atoms with Crippen molar-refractivity contribution in [3.63, 3.8) is 0 Å². The maximum Gasteiger partial charge on any atom is 0.0545 e. The molecular weight excluding hydrogens is 202 g/mol. The largest absolute Gasteiger partial charge is 0.401 e. The van der Waals surface area contributed by atoms with E-state index in [1.165, 1.54) is 19.8 Å². The summed E-state index contributed by atoms with van der Waals surface area (Å²) in [5.74, 6) is 0. The molecule has 1 aromatic carbocycles. The minimum atomic E-state index is 0.857. The molecule has 0 unspecified atom stereocenters. The Bertz CT molecular complexity index is 661. The van der Waals surface area contributed by atoms with E-state index in [1.807, 2.05) is 0 Å². The topological polar surface area (TPSA) is 26.0 Å². The molecule has 1 aliphatic rings. The van der Waals surface area contributed by atoms with Gasteiger partial charge in [-0.3, -0.25) is 0 Å². The second kappa shape index (κ2) is 3.24. The van der Waals surface area contributed by atoms with E-state index in [0.717, 1.165) is 12.1 Å². The van der Waals surface area contributed by atoms with Crippen LogP contribution in [0.15, 0.2) is 36.4 Å². The monoisotopic (exact) mass is 213 g/mol. The van der Waals surface area contributed by atoms with Crippen LogP contribution in [0, 0.1) is 0 Å². The average Bonchev–Trinajstić information content (AvgIpc) is 2.54. The lowest BCUT2D eigenvalue weighted by molar-refractivity contribution is 1.33. The molecule has 0 saturated carbocycles. The van der Waals surface area contributed by atoms with Gasteiger partial charge in [0.05, 0.1) is 4.53 Å². The van der Waals surface area contributed by atoms with Crippen LogP contribution in [-0.4, -0.2) is 0 Å². The van der Waals surface area contributed by atoms with Gasteiger partial charge < -0.3 is 5.73 Å². The molecule has 0 atom stereocenters. The highest BCUT2D eigenvalue weighted by Gasteiger charge is 2.03. The molecule has 74 valence electrons. The highest BCUT2D eigenvalue weighted by Crippen LogP contribution is 2.13. The van der Waals surface area contributed by atoms with Crippen molar-refractivity contribution in [2.24, 2.45) is 5.73 Å². The van der Waals surface area contributed by atoms with Crippen LogP contribution in [0.2, 0.25) is 0 Å². The zero-order valence-corrected chi connectivity index (χ0v) is 9.05. The van der Waals surface area contributed by atoms with Crippen LogP contribution in [0.1, 0.15) is 6.42 Å². The number of allylic oxidation sites excluding steroid dienone is 1. The molecule has 0 radical (unpaired) electrons. The molecular formula is C13H11NS. The van der Waals surface area contributed by atoms with Crippen molar-refractivity contribution in [3.8, 4) is 0 Å². The summed E-state index contributed by atoms with van der Waals surface area (Å²) >= 11 is 1.79. The lowest BCUT2D eigenvalue weighted by Gasteiger charge is -1.90. The maximum absolute atomic E-state index is 6.07. The Kier molecular flexibility index (Phi) is 1.89. The minimum absolute atomic E-state index is 0.857. The third-order valence-electron chi connectivity index (χ3n) is 2.66. The fourth-order valence-electron chi connectivity index (χ4n) is 1.92. The van der Waals surface area contributed by atoms with E-state index in [-0.39, 0.29) is 0 Å².